The van der Waals surface area contributed by atoms with Crippen LogP contribution in [-0.2, 0) is 4.79 Å². The number of piperidine rings is 1. The second kappa shape index (κ2) is 11.5. The monoisotopic (exact) mass is 481 g/mol. The van der Waals surface area contributed by atoms with Crippen molar-refractivity contribution in [3.8, 4) is 0 Å². The zero-order valence-corrected chi connectivity index (χ0v) is 21.7. The molecule has 3 heterocycles. The minimum atomic E-state index is -0.398. The first-order valence-corrected chi connectivity index (χ1v) is 13.8. The summed E-state index contributed by atoms with van der Waals surface area (Å²) in [5, 5.41) is 5.28. The van der Waals surface area contributed by atoms with E-state index in [4.69, 9.17) is 0 Å². The van der Waals surface area contributed by atoms with Crippen molar-refractivity contribution in [1.29, 1.82) is 0 Å². The van der Waals surface area contributed by atoms with Crippen molar-refractivity contribution >= 4 is 23.2 Å². The number of hydrogen-bond donors (Lipinski definition) is 1. The fraction of sp³-hybridized carbons (Fsp3) is 0.571. The molecule has 5 nitrogen and oxygen atoms in total. The molecule has 1 saturated heterocycles. The molecular weight excluding hydrogens is 442 g/mol. The van der Waals surface area contributed by atoms with Crippen molar-refractivity contribution < 1.29 is 9.59 Å². The fourth-order valence-electron chi connectivity index (χ4n) is 5.67. The number of amides is 2. The average Bonchev–Trinajstić information content (AvgIpc) is 3.38. The highest BCUT2D eigenvalue weighted by molar-refractivity contribution is 7.10. The Hall–Kier alpha value is -2.18. The van der Waals surface area contributed by atoms with Crippen LogP contribution in [0, 0.1) is 5.92 Å². The summed E-state index contributed by atoms with van der Waals surface area (Å²) < 4.78 is 0. The van der Waals surface area contributed by atoms with Crippen LogP contribution in [0.1, 0.15) is 85.6 Å². The molecule has 1 aromatic carbocycles. The molecule has 0 unspecified atom stereocenters. The third-order valence-electron chi connectivity index (χ3n) is 7.26. The summed E-state index contributed by atoms with van der Waals surface area (Å²) >= 11 is 1.63. The van der Waals surface area contributed by atoms with Crippen LogP contribution in [0.15, 0.2) is 41.8 Å². The van der Waals surface area contributed by atoms with Gasteiger partial charge in [0.25, 0.3) is 5.91 Å². The zero-order chi connectivity index (χ0) is 24.1. The quantitative estimate of drug-likeness (QED) is 0.484. The van der Waals surface area contributed by atoms with E-state index >= 15 is 0 Å². The Balaban J connectivity index is 1.53. The molecular formula is C28H39N3O2S. The van der Waals surface area contributed by atoms with E-state index in [1.807, 2.05) is 40.6 Å². The van der Waals surface area contributed by atoms with Gasteiger partial charge in [0.1, 0.15) is 0 Å². The Kier molecular flexibility index (Phi) is 8.43. The van der Waals surface area contributed by atoms with E-state index in [9.17, 15) is 9.59 Å². The molecule has 0 spiro atoms. The number of hydrogen-bond acceptors (Lipinski definition) is 4. The Labute approximate surface area is 208 Å². The molecule has 0 aliphatic carbocycles. The van der Waals surface area contributed by atoms with Gasteiger partial charge < -0.3 is 15.1 Å². The van der Waals surface area contributed by atoms with Gasteiger partial charge in [-0.05, 0) is 61.2 Å². The van der Waals surface area contributed by atoms with Crippen molar-refractivity contribution in [3.63, 3.8) is 0 Å². The zero-order valence-electron chi connectivity index (χ0n) is 20.8. The molecule has 184 valence electrons. The van der Waals surface area contributed by atoms with E-state index < -0.39 is 5.92 Å². The van der Waals surface area contributed by atoms with E-state index in [2.05, 4.69) is 37.1 Å². The molecule has 4 rings (SSSR count). The number of nitrogens with one attached hydrogen (secondary N) is 1. The van der Waals surface area contributed by atoms with Gasteiger partial charge in [0.15, 0.2) is 0 Å². The maximum absolute atomic E-state index is 13.7. The molecule has 2 amide bonds. The van der Waals surface area contributed by atoms with Gasteiger partial charge in [-0.2, -0.15) is 0 Å². The molecule has 2 aliphatic heterocycles. The first kappa shape index (κ1) is 24.9. The van der Waals surface area contributed by atoms with Crippen LogP contribution >= 0.6 is 11.3 Å². The number of carbonyl (C=O) groups is 2. The second-order valence-corrected chi connectivity index (χ2v) is 11.1. The van der Waals surface area contributed by atoms with Crippen LogP contribution in [0.5, 0.6) is 0 Å². The molecule has 1 N–H and O–H groups in total. The molecule has 0 bridgehead atoms. The van der Waals surface area contributed by atoms with Gasteiger partial charge in [-0.1, -0.05) is 51.5 Å². The van der Waals surface area contributed by atoms with Crippen LogP contribution in [0.4, 0.5) is 0 Å². The SMILES string of the molecule is CC[C@@H]1CCCCN1CCCNC(=O)[C@H]1c2ccccc2C(=O)N(CC(C)C)[C@@H]1c1cccs1. The first-order valence-electron chi connectivity index (χ1n) is 13.0. The molecule has 2 aliphatic rings. The normalized spacial score (nSPS) is 23.2. The standard InChI is InChI=1S/C28H39N3O2S/c1-4-21-11-7-8-16-30(21)17-10-15-29-27(32)25-22-12-5-6-13-23(22)28(33)31(19-20(2)3)26(25)24-14-9-18-34-24/h5-6,9,12-14,18,20-21,25-26H,4,7-8,10-11,15-17,19H2,1-3H3,(H,29,32)/t21-,25+,26-/m1/s1. The maximum Gasteiger partial charge on any atom is 0.254 e. The smallest absolute Gasteiger partial charge is 0.254 e. The Morgan fingerprint density at radius 2 is 2.00 bits per heavy atom. The summed E-state index contributed by atoms with van der Waals surface area (Å²) in [4.78, 5) is 32.8. The van der Waals surface area contributed by atoms with Gasteiger partial charge in [-0.25, -0.2) is 0 Å². The number of rotatable bonds is 9. The molecule has 3 atom stereocenters. The Bertz CT molecular complexity index is 958. The van der Waals surface area contributed by atoms with Gasteiger partial charge in [0.2, 0.25) is 5.91 Å². The number of thiophene rings is 1. The summed E-state index contributed by atoms with van der Waals surface area (Å²) in [5.74, 6) is -0.0265. The van der Waals surface area contributed by atoms with Gasteiger partial charge in [0.05, 0.1) is 12.0 Å². The lowest BCUT2D eigenvalue weighted by Crippen LogP contribution is -2.48. The van der Waals surface area contributed by atoms with Gasteiger partial charge in [-0.15, -0.1) is 11.3 Å². The van der Waals surface area contributed by atoms with Crippen molar-refractivity contribution in [3.05, 3.63) is 57.8 Å². The van der Waals surface area contributed by atoms with E-state index in [1.165, 1.54) is 32.2 Å². The van der Waals surface area contributed by atoms with E-state index in [1.54, 1.807) is 11.3 Å². The second-order valence-electron chi connectivity index (χ2n) is 10.1. The van der Waals surface area contributed by atoms with Crippen molar-refractivity contribution in [1.82, 2.24) is 15.1 Å². The minimum Gasteiger partial charge on any atom is -0.355 e. The highest BCUT2D eigenvalue weighted by Crippen LogP contribution is 2.44. The van der Waals surface area contributed by atoms with Crippen LogP contribution in [0.2, 0.25) is 0 Å². The molecule has 1 fully saturated rings. The number of nitrogens with zero attached hydrogens (tertiary/aromatic N) is 2. The summed E-state index contributed by atoms with van der Waals surface area (Å²) in [6.07, 6.45) is 6.07. The third-order valence-corrected chi connectivity index (χ3v) is 8.20. The van der Waals surface area contributed by atoms with Crippen LogP contribution in [0.3, 0.4) is 0 Å². The van der Waals surface area contributed by atoms with E-state index in [-0.39, 0.29) is 17.9 Å². The maximum atomic E-state index is 13.7. The van der Waals surface area contributed by atoms with Crippen LogP contribution in [0.25, 0.3) is 0 Å². The molecule has 2 aromatic rings. The molecule has 34 heavy (non-hydrogen) atoms. The summed E-state index contributed by atoms with van der Waals surface area (Å²) in [5.41, 5.74) is 1.51. The van der Waals surface area contributed by atoms with Crippen molar-refractivity contribution in [2.24, 2.45) is 5.92 Å². The number of likely N-dealkylation sites (tertiary alicyclic amines) is 1. The van der Waals surface area contributed by atoms with Gasteiger partial charge >= 0.3 is 0 Å². The number of fused-ring (bicyclic) bond motifs is 1. The summed E-state index contributed by atoms with van der Waals surface area (Å²) in [7, 11) is 0. The fourth-order valence-corrected chi connectivity index (χ4v) is 6.54. The predicted molar refractivity (Wildman–Crippen MR) is 139 cm³/mol. The topological polar surface area (TPSA) is 52.7 Å². The van der Waals surface area contributed by atoms with E-state index in [0.29, 0.717) is 30.6 Å². The molecule has 0 saturated carbocycles. The number of benzene rings is 1. The highest BCUT2D eigenvalue weighted by atomic mass is 32.1. The Morgan fingerprint density at radius 1 is 1.18 bits per heavy atom. The lowest BCUT2D eigenvalue weighted by molar-refractivity contribution is -0.124. The van der Waals surface area contributed by atoms with E-state index in [0.717, 1.165) is 23.4 Å². The predicted octanol–water partition coefficient (Wildman–Crippen LogP) is 5.46. The lowest BCUT2D eigenvalue weighted by Gasteiger charge is -2.42. The highest BCUT2D eigenvalue weighted by Gasteiger charge is 2.44. The van der Waals surface area contributed by atoms with Crippen molar-refractivity contribution in [2.75, 3.05) is 26.2 Å². The van der Waals surface area contributed by atoms with Gasteiger partial charge in [0, 0.05) is 36.1 Å². The number of carbonyl (C=O) groups excluding carboxylic acids is 2. The first-order chi connectivity index (χ1) is 16.5. The van der Waals surface area contributed by atoms with Crippen LogP contribution in [-0.4, -0.2) is 53.8 Å². The largest absolute Gasteiger partial charge is 0.355 e. The summed E-state index contributed by atoms with van der Waals surface area (Å²) in [6, 6.07) is 12.2. The molecule has 1 aromatic heterocycles. The van der Waals surface area contributed by atoms with Crippen molar-refractivity contribution in [2.45, 2.75) is 70.9 Å². The molecule has 6 heteroatoms. The molecule has 0 radical (unpaired) electrons. The Morgan fingerprint density at radius 3 is 2.74 bits per heavy atom. The third kappa shape index (κ3) is 5.38. The average molecular weight is 482 g/mol. The minimum absolute atomic E-state index is 0.0257. The van der Waals surface area contributed by atoms with Crippen LogP contribution < -0.4 is 5.32 Å². The summed E-state index contributed by atoms with van der Waals surface area (Å²) in [6.45, 7) is 10.0. The van der Waals surface area contributed by atoms with Gasteiger partial charge in [-0.3, -0.25) is 9.59 Å². The lowest BCUT2D eigenvalue weighted by atomic mass is 9.81.